The minimum Gasteiger partial charge on any atom is -0.366 e. The first-order chi connectivity index (χ1) is 8.81. The van der Waals surface area contributed by atoms with E-state index in [4.69, 9.17) is 5.84 Å². The van der Waals surface area contributed by atoms with E-state index in [0.717, 1.165) is 11.4 Å². The van der Waals surface area contributed by atoms with E-state index in [1.807, 2.05) is 24.6 Å². The molecule has 2 rings (SSSR count). The average Bonchev–Trinajstić information content (AvgIpc) is 2.45. The van der Waals surface area contributed by atoms with Crippen LogP contribution in [0.2, 0.25) is 0 Å². The van der Waals surface area contributed by atoms with Gasteiger partial charge in [-0.05, 0) is 17.9 Å². The molecule has 0 fully saturated rings. The molecule has 2 aromatic heterocycles. The molecule has 0 aliphatic heterocycles. The van der Waals surface area contributed by atoms with E-state index < -0.39 is 0 Å². The molecular weight excluding hydrogens is 248 g/mol. The van der Waals surface area contributed by atoms with Crippen LogP contribution in [0.5, 0.6) is 0 Å². The summed E-state index contributed by atoms with van der Waals surface area (Å²) in [7, 11) is 0. The Hall–Kier alpha value is -1.86. The van der Waals surface area contributed by atoms with Crippen LogP contribution in [0.3, 0.4) is 0 Å². The maximum absolute atomic E-state index is 5.36. The Balaban J connectivity index is 2.09. The number of hydrogen-bond acceptors (Lipinski definition) is 7. The molecule has 0 aliphatic rings. The Labute approximate surface area is 109 Å². The van der Waals surface area contributed by atoms with Crippen molar-refractivity contribution in [1.29, 1.82) is 0 Å². The summed E-state index contributed by atoms with van der Waals surface area (Å²) in [6.45, 7) is 0.655. The van der Waals surface area contributed by atoms with E-state index in [1.165, 1.54) is 11.8 Å². The maximum Gasteiger partial charge on any atom is 0.191 e. The summed E-state index contributed by atoms with van der Waals surface area (Å²) >= 11 is 1.46. The van der Waals surface area contributed by atoms with Crippen molar-refractivity contribution in [2.24, 2.45) is 5.84 Å². The van der Waals surface area contributed by atoms with Crippen molar-refractivity contribution < 1.29 is 0 Å². The molecule has 0 aliphatic carbocycles. The molecule has 7 heteroatoms. The number of hydrazine groups is 1. The third kappa shape index (κ3) is 3.31. The zero-order valence-corrected chi connectivity index (χ0v) is 10.7. The lowest BCUT2D eigenvalue weighted by Crippen LogP contribution is -2.11. The summed E-state index contributed by atoms with van der Waals surface area (Å²) in [4.78, 5) is 12.6. The molecule has 4 N–H and O–H groups in total. The number of thioether (sulfide) groups is 1. The van der Waals surface area contributed by atoms with E-state index in [9.17, 15) is 0 Å². The third-order valence-electron chi connectivity index (χ3n) is 2.23. The number of nitrogens with zero attached hydrogens (tertiary/aromatic N) is 3. The fourth-order valence-corrected chi connectivity index (χ4v) is 1.76. The van der Waals surface area contributed by atoms with Gasteiger partial charge in [0.15, 0.2) is 5.16 Å². The summed E-state index contributed by atoms with van der Waals surface area (Å²) < 4.78 is 0. The summed E-state index contributed by atoms with van der Waals surface area (Å²) in [6, 6.07) is 5.66. The summed E-state index contributed by atoms with van der Waals surface area (Å²) in [5, 5.41) is 3.88. The summed E-state index contributed by atoms with van der Waals surface area (Å²) in [5.41, 5.74) is 3.61. The minimum atomic E-state index is 0.586. The highest BCUT2D eigenvalue weighted by atomic mass is 32.2. The van der Waals surface area contributed by atoms with Gasteiger partial charge < -0.3 is 10.7 Å². The second-order valence-corrected chi connectivity index (χ2v) is 4.26. The van der Waals surface area contributed by atoms with E-state index >= 15 is 0 Å². The lowest BCUT2D eigenvalue weighted by Gasteiger charge is -2.08. The Bertz CT molecular complexity index is 482. The van der Waals surface area contributed by atoms with Crippen LogP contribution in [0.15, 0.2) is 35.7 Å². The zero-order chi connectivity index (χ0) is 12.8. The zero-order valence-electron chi connectivity index (χ0n) is 9.92. The highest BCUT2D eigenvalue weighted by Gasteiger charge is 2.03. The van der Waals surface area contributed by atoms with Crippen LogP contribution >= 0.6 is 11.8 Å². The third-order valence-corrected chi connectivity index (χ3v) is 2.78. The molecule has 0 aromatic carbocycles. The van der Waals surface area contributed by atoms with Gasteiger partial charge in [-0.3, -0.25) is 4.98 Å². The molecule has 0 saturated heterocycles. The molecule has 2 heterocycles. The van der Waals surface area contributed by atoms with Gasteiger partial charge in [0.2, 0.25) is 0 Å². The smallest absolute Gasteiger partial charge is 0.191 e. The fourth-order valence-electron chi connectivity index (χ4n) is 1.38. The van der Waals surface area contributed by atoms with Crippen molar-refractivity contribution in [3.05, 3.63) is 36.2 Å². The van der Waals surface area contributed by atoms with Crippen molar-refractivity contribution in [1.82, 2.24) is 15.0 Å². The topological polar surface area (TPSA) is 88.8 Å². The Morgan fingerprint density at radius 1 is 1.33 bits per heavy atom. The molecule has 0 unspecified atom stereocenters. The highest BCUT2D eigenvalue weighted by Crippen LogP contribution is 2.17. The molecular formula is C11H14N6S. The van der Waals surface area contributed by atoms with Crippen molar-refractivity contribution in [3.8, 4) is 0 Å². The lowest BCUT2D eigenvalue weighted by molar-refractivity contribution is 0.951. The van der Waals surface area contributed by atoms with Crippen molar-refractivity contribution >= 4 is 23.4 Å². The maximum atomic E-state index is 5.36. The van der Waals surface area contributed by atoms with Crippen molar-refractivity contribution in [3.63, 3.8) is 0 Å². The van der Waals surface area contributed by atoms with Crippen LogP contribution in [0, 0.1) is 0 Å². The standard InChI is InChI=1S/C11H14N6S/c1-18-11-15-9(5-10(16-11)17-12)14-7-8-3-2-4-13-6-8/h2-6H,7,12H2,1H3,(H2,14,15,16,17). The van der Waals surface area contributed by atoms with Gasteiger partial charge in [0, 0.05) is 25.0 Å². The number of pyridine rings is 1. The first-order valence-electron chi connectivity index (χ1n) is 5.34. The van der Waals surface area contributed by atoms with Gasteiger partial charge in [-0.2, -0.15) is 0 Å². The number of nitrogen functional groups attached to an aromatic ring is 1. The summed E-state index contributed by atoms with van der Waals surface area (Å²) in [5.74, 6) is 6.68. The van der Waals surface area contributed by atoms with Gasteiger partial charge in [-0.25, -0.2) is 15.8 Å². The molecule has 0 saturated carbocycles. The normalized spacial score (nSPS) is 10.1. The van der Waals surface area contributed by atoms with Gasteiger partial charge in [-0.1, -0.05) is 17.8 Å². The molecule has 2 aromatic rings. The van der Waals surface area contributed by atoms with Gasteiger partial charge in [0.1, 0.15) is 11.6 Å². The number of aromatic nitrogens is 3. The number of nitrogens with one attached hydrogen (secondary N) is 2. The summed E-state index contributed by atoms with van der Waals surface area (Å²) in [6.07, 6.45) is 5.47. The highest BCUT2D eigenvalue weighted by molar-refractivity contribution is 7.98. The van der Waals surface area contributed by atoms with Crippen LogP contribution in [0.4, 0.5) is 11.6 Å². The number of hydrogen-bond donors (Lipinski definition) is 3. The van der Waals surface area contributed by atoms with Crippen LogP contribution in [-0.4, -0.2) is 21.2 Å². The van der Waals surface area contributed by atoms with E-state index in [-0.39, 0.29) is 0 Å². The molecule has 0 radical (unpaired) electrons. The fraction of sp³-hybridized carbons (Fsp3) is 0.182. The van der Waals surface area contributed by atoms with Crippen LogP contribution < -0.4 is 16.6 Å². The predicted molar refractivity (Wildman–Crippen MR) is 73.2 cm³/mol. The second-order valence-electron chi connectivity index (χ2n) is 3.48. The molecule has 6 nitrogen and oxygen atoms in total. The molecule has 94 valence electrons. The monoisotopic (exact) mass is 262 g/mol. The first-order valence-corrected chi connectivity index (χ1v) is 6.57. The molecule has 0 amide bonds. The van der Waals surface area contributed by atoms with E-state index in [1.54, 1.807) is 12.3 Å². The Morgan fingerprint density at radius 3 is 2.83 bits per heavy atom. The number of nitrogens with two attached hydrogens (primary N) is 1. The largest absolute Gasteiger partial charge is 0.366 e. The first kappa shape index (κ1) is 12.6. The second kappa shape index (κ2) is 6.18. The predicted octanol–water partition coefficient (Wildman–Crippen LogP) is 1.49. The van der Waals surface area contributed by atoms with Gasteiger partial charge in [-0.15, -0.1) is 0 Å². The Morgan fingerprint density at radius 2 is 2.17 bits per heavy atom. The van der Waals surface area contributed by atoms with Crippen LogP contribution in [0.25, 0.3) is 0 Å². The van der Waals surface area contributed by atoms with Crippen LogP contribution in [-0.2, 0) is 6.54 Å². The lowest BCUT2D eigenvalue weighted by atomic mass is 10.3. The quantitative estimate of drug-likeness (QED) is 0.325. The minimum absolute atomic E-state index is 0.586. The number of rotatable bonds is 5. The van der Waals surface area contributed by atoms with Crippen molar-refractivity contribution in [2.45, 2.75) is 11.7 Å². The van der Waals surface area contributed by atoms with Gasteiger partial charge in [0.05, 0.1) is 0 Å². The van der Waals surface area contributed by atoms with Gasteiger partial charge in [0.25, 0.3) is 0 Å². The Kier molecular flexibility index (Phi) is 4.32. The van der Waals surface area contributed by atoms with Crippen molar-refractivity contribution in [2.75, 3.05) is 17.0 Å². The van der Waals surface area contributed by atoms with Crippen LogP contribution in [0.1, 0.15) is 5.56 Å². The van der Waals surface area contributed by atoms with E-state index in [0.29, 0.717) is 17.5 Å². The van der Waals surface area contributed by atoms with E-state index in [2.05, 4.69) is 25.7 Å². The van der Waals surface area contributed by atoms with Gasteiger partial charge >= 0.3 is 0 Å². The molecule has 0 atom stereocenters. The molecule has 0 bridgehead atoms. The molecule has 0 spiro atoms. The number of anilines is 2. The SMILES string of the molecule is CSc1nc(NN)cc(NCc2cccnc2)n1. The average molecular weight is 262 g/mol. The molecule has 18 heavy (non-hydrogen) atoms.